The van der Waals surface area contributed by atoms with Gasteiger partial charge in [-0.2, -0.15) is 5.10 Å². The van der Waals surface area contributed by atoms with Crippen molar-refractivity contribution in [2.75, 3.05) is 0 Å². The number of hydrogen-bond donors (Lipinski definition) is 1. The second-order valence-corrected chi connectivity index (χ2v) is 9.32. The van der Waals surface area contributed by atoms with Crippen molar-refractivity contribution in [2.45, 2.75) is 37.8 Å². The summed E-state index contributed by atoms with van der Waals surface area (Å²) in [5.41, 5.74) is 7.55. The van der Waals surface area contributed by atoms with Gasteiger partial charge in [0.15, 0.2) is 0 Å². The summed E-state index contributed by atoms with van der Waals surface area (Å²) in [6, 6.07) is 15.5. The van der Waals surface area contributed by atoms with Gasteiger partial charge in [-0.15, -0.1) is 11.8 Å². The first-order chi connectivity index (χ1) is 14.3. The van der Waals surface area contributed by atoms with Crippen molar-refractivity contribution < 1.29 is 4.79 Å². The van der Waals surface area contributed by atoms with E-state index in [1.165, 1.54) is 17.3 Å². The van der Waals surface area contributed by atoms with Crippen molar-refractivity contribution in [3.05, 3.63) is 81.1 Å². The maximum atomic E-state index is 12.4. The van der Waals surface area contributed by atoms with Crippen molar-refractivity contribution in [1.29, 1.82) is 0 Å². The molecule has 7 heteroatoms. The summed E-state index contributed by atoms with van der Waals surface area (Å²) in [6.07, 6.45) is 1.66. The van der Waals surface area contributed by atoms with Crippen LogP contribution in [0.1, 0.15) is 29.4 Å². The van der Waals surface area contributed by atoms with E-state index in [-0.39, 0.29) is 11.2 Å². The first-order valence-corrected chi connectivity index (χ1v) is 11.1. The maximum Gasteiger partial charge on any atom is 0.253 e. The molecule has 0 spiro atoms. The summed E-state index contributed by atoms with van der Waals surface area (Å²) >= 11 is 13.9. The van der Waals surface area contributed by atoms with Crippen molar-refractivity contribution in [2.24, 2.45) is 5.10 Å². The topological polar surface area (TPSA) is 46.4 Å². The van der Waals surface area contributed by atoms with E-state index in [1.54, 1.807) is 12.3 Å². The molecule has 2 aromatic carbocycles. The van der Waals surface area contributed by atoms with Crippen LogP contribution >= 0.6 is 35.0 Å². The number of thioether (sulfide) groups is 1. The zero-order valence-corrected chi connectivity index (χ0v) is 19.6. The van der Waals surface area contributed by atoms with Crippen LogP contribution in [0.3, 0.4) is 0 Å². The molecule has 0 aliphatic heterocycles. The lowest BCUT2D eigenvalue weighted by Gasteiger charge is -2.12. The Morgan fingerprint density at radius 1 is 1.10 bits per heavy atom. The van der Waals surface area contributed by atoms with Crippen LogP contribution in [0.15, 0.2) is 58.5 Å². The third-order valence-corrected chi connectivity index (χ3v) is 6.35. The molecule has 3 rings (SSSR count). The van der Waals surface area contributed by atoms with Gasteiger partial charge >= 0.3 is 0 Å². The van der Waals surface area contributed by atoms with Crippen molar-refractivity contribution in [3.8, 4) is 5.69 Å². The first kappa shape index (κ1) is 22.5. The van der Waals surface area contributed by atoms with Gasteiger partial charge in [0.1, 0.15) is 0 Å². The fraction of sp³-hybridized carbons (Fsp3) is 0.217. The van der Waals surface area contributed by atoms with E-state index in [9.17, 15) is 4.79 Å². The van der Waals surface area contributed by atoms with E-state index in [1.807, 2.05) is 74.7 Å². The Morgan fingerprint density at radius 2 is 1.80 bits per heavy atom. The average Bonchev–Trinajstić information content (AvgIpc) is 2.97. The van der Waals surface area contributed by atoms with Crippen LogP contribution in [-0.2, 0) is 4.79 Å². The number of hydrazone groups is 1. The summed E-state index contributed by atoms with van der Waals surface area (Å²) in [6.45, 7) is 7.88. The number of hydrogen-bond acceptors (Lipinski definition) is 3. The molecule has 0 fully saturated rings. The largest absolute Gasteiger partial charge is 0.316 e. The number of rotatable bonds is 6. The lowest BCUT2D eigenvalue weighted by molar-refractivity contribution is -0.120. The minimum Gasteiger partial charge on any atom is -0.316 e. The highest BCUT2D eigenvalue weighted by Gasteiger charge is 2.15. The third kappa shape index (κ3) is 5.28. The number of carbonyl (C=O) groups is 1. The van der Waals surface area contributed by atoms with E-state index in [0.717, 1.165) is 27.5 Å². The normalized spacial score (nSPS) is 12.3. The number of aromatic nitrogens is 1. The second kappa shape index (κ2) is 9.73. The second-order valence-electron chi connectivity index (χ2n) is 7.06. The fourth-order valence-corrected chi connectivity index (χ4v) is 4.44. The summed E-state index contributed by atoms with van der Waals surface area (Å²) in [7, 11) is 0. The Hall–Kier alpha value is -2.21. The molecule has 1 atom stereocenters. The quantitative estimate of drug-likeness (QED) is 0.265. The van der Waals surface area contributed by atoms with Gasteiger partial charge < -0.3 is 4.57 Å². The number of aryl methyl sites for hydroxylation is 2. The molecule has 1 amide bonds. The van der Waals surface area contributed by atoms with Crippen LogP contribution in [0.4, 0.5) is 0 Å². The molecule has 0 saturated carbocycles. The number of halogens is 2. The molecular formula is C23H23Cl2N3OS. The van der Waals surface area contributed by atoms with Gasteiger partial charge in [0, 0.05) is 26.9 Å². The monoisotopic (exact) mass is 459 g/mol. The Labute approximate surface area is 191 Å². The average molecular weight is 460 g/mol. The Kier molecular flexibility index (Phi) is 7.29. The first-order valence-electron chi connectivity index (χ1n) is 9.47. The van der Waals surface area contributed by atoms with Gasteiger partial charge in [-0.05, 0) is 64.1 Å². The van der Waals surface area contributed by atoms with Gasteiger partial charge in [-0.1, -0.05) is 40.9 Å². The molecule has 1 N–H and O–H groups in total. The molecule has 30 heavy (non-hydrogen) atoms. The smallest absolute Gasteiger partial charge is 0.253 e. The minimum absolute atomic E-state index is 0.147. The molecule has 0 radical (unpaired) electrons. The molecule has 0 aliphatic carbocycles. The SMILES string of the molecule is Cc1ccc(S[C@H](C)C(=O)N/N=C\c2cc(C)n(-c3ccc(Cl)cc3Cl)c2C)cc1. The number of amides is 1. The van der Waals surface area contributed by atoms with Crippen LogP contribution in [-0.4, -0.2) is 21.9 Å². The van der Waals surface area contributed by atoms with Crippen LogP contribution in [0.25, 0.3) is 5.69 Å². The third-order valence-electron chi connectivity index (χ3n) is 4.70. The number of nitrogens with one attached hydrogen (secondary N) is 1. The molecule has 0 bridgehead atoms. The Morgan fingerprint density at radius 3 is 2.47 bits per heavy atom. The van der Waals surface area contributed by atoms with Crippen molar-refractivity contribution in [3.63, 3.8) is 0 Å². The highest BCUT2D eigenvalue weighted by atomic mass is 35.5. The van der Waals surface area contributed by atoms with Gasteiger partial charge in [0.25, 0.3) is 5.91 Å². The van der Waals surface area contributed by atoms with Crippen LogP contribution < -0.4 is 5.43 Å². The fourth-order valence-electron chi connectivity index (χ4n) is 3.08. The highest BCUT2D eigenvalue weighted by molar-refractivity contribution is 8.00. The molecule has 3 aromatic rings. The molecular weight excluding hydrogens is 437 g/mol. The van der Waals surface area contributed by atoms with E-state index in [4.69, 9.17) is 23.2 Å². The van der Waals surface area contributed by atoms with Gasteiger partial charge in [-0.3, -0.25) is 4.79 Å². The summed E-state index contributed by atoms with van der Waals surface area (Å²) in [4.78, 5) is 13.4. The standard InChI is InChI=1S/C23H23Cl2N3OS/c1-14-5-8-20(9-6-14)30-17(4)23(29)27-26-13-18-11-15(2)28(16(18)3)22-10-7-19(24)12-21(22)25/h5-13,17H,1-4H3,(H,27,29)/b26-13-/t17-/m1/s1. The molecule has 0 saturated heterocycles. The number of benzene rings is 2. The molecule has 0 aliphatic rings. The summed E-state index contributed by atoms with van der Waals surface area (Å²) in [5.74, 6) is -0.147. The van der Waals surface area contributed by atoms with E-state index < -0.39 is 0 Å². The summed E-state index contributed by atoms with van der Waals surface area (Å²) in [5, 5.41) is 5.06. The Bertz CT molecular complexity index is 1090. The lowest BCUT2D eigenvalue weighted by atomic mass is 10.2. The van der Waals surface area contributed by atoms with Crippen LogP contribution in [0, 0.1) is 20.8 Å². The van der Waals surface area contributed by atoms with E-state index >= 15 is 0 Å². The van der Waals surface area contributed by atoms with Crippen molar-refractivity contribution >= 4 is 47.1 Å². The summed E-state index contributed by atoms with van der Waals surface area (Å²) < 4.78 is 2.04. The Balaban J connectivity index is 1.69. The minimum atomic E-state index is -0.259. The van der Waals surface area contributed by atoms with Crippen LogP contribution in [0.2, 0.25) is 10.0 Å². The predicted octanol–water partition coefficient (Wildman–Crippen LogP) is 6.34. The number of carbonyl (C=O) groups excluding carboxylic acids is 1. The van der Waals surface area contributed by atoms with Crippen LogP contribution in [0.5, 0.6) is 0 Å². The molecule has 4 nitrogen and oxygen atoms in total. The van der Waals surface area contributed by atoms with Gasteiger partial charge in [-0.25, -0.2) is 5.43 Å². The maximum absolute atomic E-state index is 12.4. The lowest BCUT2D eigenvalue weighted by Crippen LogP contribution is -2.26. The zero-order chi connectivity index (χ0) is 21.8. The zero-order valence-electron chi connectivity index (χ0n) is 17.2. The van der Waals surface area contributed by atoms with Gasteiger partial charge in [0.05, 0.1) is 22.2 Å². The van der Waals surface area contributed by atoms with E-state index in [2.05, 4.69) is 10.5 Å². The predicted molar refractivity (Wildman–Crippen MR) is 127 cm³/mol. The molecule has 0 unspecified atom stereocenters. The van der Waals surface area contributed by atoms with Gasteiger partial charge in [0.2, 0.25) is 0 Å². The molecule has 1 heterocycles. The molecule has 156 valence electrons. The van der Waals surface area contributed by atoms with E-state index in [0.29, 0.717) is 10.0 Å². The highest BCUT2D eigenvalue weighted by Crippen LogP contribution is 2.28. The molecule has 1 aromatic heterocycles. The van der Waals surface area contributed by atoms with Crippen molar-refractivity contribution in [1.82, 2.24) is 9.99 Å². The number of nitrogens with zero attached hydrogens (tertiary/aromatic N) is 2.